The van der Waals surface area contributed by atoms with Gasteiger partial charge in [0, 0.05) is 5.56 Å². The molecule has 3 heteroatoms. The van der Waals surface area contributed by atoms with Crippen LogP contribution in [0.5, 0.6) is 0 Å². The van der Waals surface area contributed by atoms with Crippen LogP contribution in [0.25, 0.3) is 10.8 Å². The Bertz CT molecular complexity index is 1000. The molecule has 2 atom stereocenters. The van der Waals surface area contributed by atoms with Crippen LogP contribution >= 0.6 is 0 Å². The van der Waals surface area contributed by atoms with Crippen LogP contribution in [-0.2, 0) is 0 Å². The van der Waals surface area contributed by atoms with Crippen LogP contribution in [0, 0.1) is 11.5 Å². The zero-order valence-corrected chi connectivity index (χ0v) is 16.9. The smallest absolute Gasteiger partial charge is 0.193 e. The van der Waals surface area contributed by atoms with Crippen molar-refractivity contribution in [3.8, 4) is 11.5 Å². The van der Waals surface area contributed by atoms with Gasteiger partial charge in [0.2, 0.25) is 0 Å². The van der Waals surface area contributed by atoms with Crippen LogP contribution in [-0.4, -0.2) is 25.1 Å². The summed E-state index contributed by atoms with van der Waals surface area (Å²) in [5.41, 5.74) is 4.72. The number of ketones is 1. The van der Waals surface area contributed by atoms with Crippen molar-refractivity contribution in [3.63, 3.8) is 0 Å². The van der Waals surface area contributed by atoms with E-state index in [0.29, 0.717) is 5.56 Å². The van der Waals surface area contributed by atoms with Gasteiger partial charge in [0.05, 0.1) is 5.92 Å². The molecule has 0 spiro atoms. The van der Waals surface area contributed by atoms with E-state index in [1.54, 1.807) is 6.07 Å². The zero-order valence-electron chi connectivity index (χ0n) is 15.9. The van der Waals surface area contributed by atoms with Crippen molar-refractivity contribution >= 4 is 24.6 Å². The Balaban J connectivity index is 2.03. The van der Waals surface area contributed by atoms with Gasteiger partial charge in [0.25, 0.3) is 0 Å². The third-order valence-electron chi connectivity index (χ3n) is 4.40. The lowest BCUT2D eigenvalue weighted by atomic mass is 9.88. The monoisotopic (exact) mass is 372 g/mol. The van der Waals surface area contributed by atoms with Gasteiger partial charge in [-0.05, 0) is 16.3 Å². The number of benzene rings is 3. The number of carbonyl (C=O) groups is 1. The molecule has 0 saturated heterocycles. The molecule has 0 saturated carbocycles. The van der Waals surface area contributed by atoms with Crippen LogP contribution in [0.1, 0.15) is 21.8 Å². The van der Waals surface area contributed by atoms with Crippen molar-refractivity contribution in [2.75, 3.05) is 0 Å². The summed E-state index contributed by atoms with van der Waals surface area (Å²) in [6, 6.07) is 22.9. The van der Waals surface area contributed by atoms with Crippen LogP contribution in [0.15, 0.2) is 72.8 Å². The summed E-state index contributed by atoms with van der Waals surface area (Å²) in [7, 11) is -1.64. The van der Waals surface area contributed by atoms with E-state index in [9.17, 15) is 9.90 Å². The fourth-order valence-electron chi connectivity index (χ4n) is 3.05. The molecule has 0 aliphatic carbocycles. The molecule has 0 bridgehead atoms. The molecular formula is C24H24O2Si. The maximum atomic E-state index is 13.2. The van der Waals surface area contributed by atoms with E-state index in [4.69, 9.17) is 0 Å². The minimum absolute atomic E-state index is 0.287. The molecule has 3 aromatic carbocycles. The minimum atomic E-state index is -1.64. The summed E-state index contributed by atoms with van der Waals surface area (Å²) in [5.74, 6) is 2.39. The first-order valence-electron chi connectivity index (χ1n) is 9.14. The normalized spacial score (nSPS) is 13.5. The van der Waals surface area contributed by atoms with Crippen molar-refractivity contribution in [1.82, 2.24) is 0 Å². The molecule has 3 aromatic rings. The van der Waals surface area contributed by atoms with E-state index in [1.165, 1.54) is 0 Å². The van der Waals surface area contributed by atoms with Crippen molar-refractivity contribution in [1.29, 1.82) is 0 Å². The van der Waals surface area contributed by atoms with Gasteiger partial charge in [-0.3, -0.25) is 4.79 Å². The number of carbonyl (C=O) groups excluding carboxylic acids is 1. The maximum absolute atomic E-state index is 13.2. The van der Waals surface area contributed by atoms with Gasteiger partial charge in [-0.2, -0.15) is 0 Å². The van der Waals surface area contributed by atoms with E-state index in [1.807, 2.05) is 66.7 Å². The predicted octanol–water partition coefficient (Wildman–Crippen LogP) is 5.05. The molecule has 27 heavy (non-hydrogen) atoms. The highest BCUT2D eigenvalue weighted by Gasteiger charge is 2.28. The van der Waals surface area contributed by atoms with Crippen molar-refractivity contribution in [3.05, 3.63) is 83.9 Å². The van der Waals surface area contributed by atoms with Gasteiger partial charge in [-0.15, -0.1) is 5.54 Å². The number of Topliss-reactive ketones (excluding diaryl/α,β-unsaturated/α-hetero) is 1. The molecule has 0 fully saturated rings. The molecule has 0 unspecified atom stereocenters. The fourth-order valence-corrected chi connectivity index (χ4v) is 3.64. The first kappa shape index (κ1) is 19.1. The molecule has 136 valence electrons. The number of aliphatic hydroxyl groups is 1. The maximum Gasteiger partial charge on any atom is 0.193 e. The van der Waals surface area contributed by atoms with E-state index in [2.05, 4.69) is 31.1 Å². The van der Waals surface area contributed by atoms with Gasteiger partial charge < -0.3 is 5.11 Å². The number of aliphatic hydroxyl groups excluding tert-OH is 1. The Labute approximate surface area is 161 Å². The number of hydrogen-bond acceptors (Lipinski definition) is 2. The van der Waals surface area contributed by atoms with Gasteiger partial charge in [0.15, 0.2) is 5.78 Å². The van der Waals surface area contributed by atoms with Gasteiger partial charge in [0.1, 0.15) is 14.2 Å². The lowest BCUT2D eigenvalue weighted by Crippen LogP contribution is -2.28. The van der Waals surface area contributed by atoms with E-state index in [0.717, 1.165) is 16.3 Å². The third-order valence-corrected chi connectivity index (χ3v) is 5.30. The highest BCUT2D eigenvalue weighted by molar-refractivity contribution is 6.83. The summed E-state index contributed by atoms with van der Waals surface area (Å²) < 4.78 is 0. The minimum Gasteiger partial charge on any atom is -0.383 e. The van der Waals surface area contributed by atoms with E-state index < -0.39 is 20.1 Å². The Morgan fingerprint density at radius 3 is 2.22 bits per heavy atom. The Morgan fingerprint density at radius 1 is 0.889 bits per heavy atom. The average Bonchev–Trinajstić information content (AvgIpc) is 2.67. The second kappa shape index (κ2) is 7.92. The quantitative estimate of drug-likeness (QED) is 0.395. The Kier molecular flexibility index (Phi) is 5.60. The fraction of sp³-hybridized carbons (Fsp3) is 0.208. The standard InChI is InChI=1S/C24H24O2Si/c1-27(2,3)17-16-21(19-10-5-4-6-11-19)23(25)24(26)22-15-9-13-18-12-7-8-14-20(18)22/h4-15,21,23,25H,1-3H3/t21-,23-/m0/s1. The number of fused-ring (bicyclic) bond motifs is 1. The highest BCUT2D eigenvalue weighted by Crippen LogP contribution is 2.26. The molecule has 1 N–H and O–H groups in total. The summed E-state index contributed by atoms with van der Waals surface area (Å²) in [6.45, 7) is 6.46. The van der Waals surface area contributed by atoms with Crippen LogP contribution in [0.4, 0.5) is 0 Å². The second-order valence-electron chi connectivity index (χ2n) is 7.74. The Morgan fingerprint density at radius 2 is 1.52 bits per heavy atom. The first-order chi connectivity index (χ1) is 12.9. The third kappa shape index (κ3) is 4.54. The van der Waals surface area contributed by atoms with E-state index in [-0.39, 0.29) is 5.78 Å². The topological polar surface area (TPSA) is 37.3 Å². The number of hydrogen-bond donors (Lipinski definition) is 1. The number of rotatable bonds is 4. The molecule has 0 heterocycles. The average molecular weight is 373 g/mol. The zero-order chi connectivity index (χ0) is 19.4. The summed E-state index contributed by atoms with van der Waals surface area (Å²) in [5, 5.41) is 12.8. The molecule has 0 aromatic heterocycles. The molecule has 0 aliphatic rings. The molecule has 2 nitrogen and oxygen atoms in total. The molecule has 0 aliphatic heterocycles. The summed E-state index contributed by atoms with van der Waals surface area (Å²) in [4.78, 5) is 13.2. The molecule has 0 amide bonds. The molecular weight excluding hydrogens is 348 g/mol. The van der Waals surface area contributed by atoms with Crippen molar-refractivity contribution in [2.45, 2.75) is 31.7 Å². The largest absolute Gasteiger partial charge is 0.383 e. The van der Waals surface area contributed by atoms with Crippen molar-refractivity contribution in [2.24, 2.45) is 0 Å². The van der Waals surface area contributed by atoms with Crippen LogP contribution < -0.4 is 0 Å². The molecule has 3 rings (SSSR count). The van der Waals surface area contributed by atoms with Gasteiger partial charge in [-0.25, -0.2) is 0 Å². The van der Waals surface area contributed by atoms with Crippen LogP contribution in [0.2, 0.25) is 19.6 Å². The van der Waals surface area contributed by atoms with Crippen molar-refractivity contribution < 1.29 is 9.90 Å². The second-order valence-corrected chi connectivity index (χ2v) is 12.5. The highest BCUT2D eigenvalue weighted by atomic mass is 28.3. The van der Waals surface area contributed by atoms with Gasteiger partial charge >= 0.3 is 0 Å². The van der Waals surface area contributed by atoms with Gasteiger partial charge in [-0.1, -0.05) is 98.4 Å². The van der Waals surface area contributed by atoms with E-state index >= 15 is 0 Å². The Hall–Kier alpha value is -2.67. The lowest BCUT2D eigenvalue weighted by Gasteiger charge is -2.19. The molecule has 0 radical (unpaired) electrons. The summed E-state index contributed by atoms with van der Waals surface area (Å²) >= 11 is 0. The predicted molar refractivity (Wildman–Crippen MR) is 115 cm³/mol. The van der Waals surface area contributed by atoms with Crippen LogP contribution in [0.3, 0.4) is 0 Å². The lowest BCUT2D eigenvalue weighted by molar-refractivity contribution is 0.0727. The summed E-state index contributed by atoms with van der Waals surface area (Å²) in [6.07, 6.45) is -1.21. The SMILES string of the molecule is C[Si](C)(C)C#C[C@@H](c1ccccc1)[C@H](O)C(=O)c1cccc2ccccc12. The first-order valence-corrected chi connectivity index (χ1v) is 12.6.